The maximum atomic E-state index is 12.6. The minimum atomic E-state index is -0.861. The summed E-state index contributed by atoms with van der Waals surface area (Å²) in [5.41, 5.74) is -1.52. The maximum absolute atomic E-state index is 12.6. The Labute approximate surface area is 261 Å². The van der Waals surface area contributed by atoms with Crippen LogP contribution in [0.5, 0.6) is 0 Å². The molecule has 0 spiro atoms. The number of unbranched alkanes of at least 4 members (excludes halogenated alkanes) is 5. The molecule has 44 heavy (non-hydrogen) atoms. The second-order valence-electron chi connectivity index (χ2n) is 14.5. The Morgan fingerprint density at radius 3 is 1.43 bits per heavy atom. The zero-order valence-corrected chi connectivity index (χ0v) is 28.0. The highest BCUT2D eigenvalue weighted by Gasteiger charge is 2.50. The zero-order chi connectivity index (χ0) is 33.2. The lowest BCUT2D eigenvalue weighted by molar-refractivity contribution is -0.782. The van der Waals surface area contributed by atoms with Crippen LogP contribution >= 0.6 is 0 Å². The van der Waals surface area contributed by atoms with Gasteiger partial charge in [0.1, 0.15) is 12.2 Å². The molecule has 0 aromatic rings. The number of carbonyl (C=O) groups excluding carboxylic acids is 3. The van der Waals surface area contributed by atoms with Crippen LogP contribution in [0.4, 0.5) is 4.79 Å². The lowest BCUT2D eigenvalue weighted by atomic mass is 9.78. The summed E-state index contributed by atoms with van der Waals surface area (Å²) in [5.74, 6) is -0.375. The number of ether oxygens (including phenoxy) is 2. The van der Waals surface area contributed by atoms with Crippen molar-refractivity contribution in [3.8, 4) is 0 Å². The van der Waals surface area contributed by atoms with E-state index in [-0.39, 0.29) is 35.2 Å². The van der Waals surface area contributed by atoms with Crippen molar-refractivity contribution in [1.82, 2.24) is 9.80 Å². The van der Waals surface area contributed by atoms with Gasteiger partial charge in [0.05, 0.1) is 0 Å². The molecule has 0 unspecified atom stereocenters. The Morgan fingerprint density at radius 2 is 1.00 bits per heavy atom. The number of rotatable bonds is 16. The first-order valence-electron chi connectivity index (χ1n) is 15.5. The molecule has 0 radical (unpaired) electrons. The number of likely N-dealkylation sites (tertiary alicyclic amines) is 2. The molecule has 0 saturated carbocycles. The minimum Gasteiger partial charge on any atom is -0.462 e. The Hall–Kier alpha value is -2.07. The van der Waals surface area contributed by atoms with Gasteiger partial charge in [0, 0.05) is 75.8 Å². The van der Waals surface area contributed by atoms with Gasteiger partial charge >= 0.3 is 18.0 Å². The van der Waals surface area contributed by atoms with Crippen LogP contribution in [0.25, 0.3) is 0 Å². The molecule has 2 saturated heterocycles. The van der Waals surface area contributed by atoms with Crippen LogP contribution < -0.4 is 0 Å². The molecule has 0 bridgehead atoms. The van der Waals surface area contributed by atoms with Crippen molar-refractivity contribution in [2.75, 3.05) is 7.05 Å². The number of hydrogen-bond donors (Lipinski definition) is 1. The third-order valence-corrected chi connectivity index (χ3v) is 8.95. The first-order chi connectivity index (χ1) is 20.4. The third kappa shape index (κ3) is 11.7. The van der Waals surface area contributed by atoms with E-state index in [0.717, 1.165) is 51.4 Å². The number of nitrogens with zero attached hydrogens (tertiary/aromatic N) is 2. The highest BCUT2D eigenvalue weighted by Crippen LogP contribution is 2.41. The average molecular weight is 635 g/mol. The van der Waals surface area contributed by atoms with E-state index in [2.05, 4.69) is 69.7 Å². The summed E-state index contributed by atoms with van der Waals surface area (Å²) in [6, 6.07) is 0. The van der Waals surface area contributed by atoms with E-state index in [0.29, 0.717) is 25.7 Å². The fourth-order valence-electron chi connectivity index (χ4n) is 6.98. The van der Waals surface area contributed by atoms with Gasteiger partial charge in [-0.1, -0.05) is 25.7 Å². The van der Waals surface area contributed by atoms with Gasteiger partial charge in [-0.2, -0.15) is 0 Å². The predicted molar refractivity (Wildman–Crippen MR) is 156 cm³/mol. The summed E-state index contributed by atoms with van der Waals surface area (Å²) < 4.78 is 11.6. The Bertz CT molecular complexity index is 903. The van der Waals surface area contributed by atoms with Crippen LogP contribution in [0.15, 0.2) is 0 Å². The SMILES string of the molecule is CN1C(C)(C)CC(OC(=O)CCCCCCCCC(=O)OC2CC(C)(C)N(C(=O)OOOOOOO)C(C)(C)C2)CC1(C)C. The predicted octanol–water partition coefficient (Wildman–Crippen LogP) is 6.13. The van der Waals surface area contributed by atoms with E-state index >= 15 is 0 Å². The number of hydrogen-bond acceptors (Lipinski definition) is 13. The van der Waals surface area contributed by atoms with Gasteiger partial charge in [0.2, 0.25) is 0 Å². The summed E-state index contributed by atoms with van der Waals surface area (Å²) in [6.45, 7) is 16.1. The lowest BCUT2D eigenvalue weighted by Gasteiger charge is -2.53. The van der Waals surface area contributed by atoms with Crippen LogP contribution in [0.3, 0.4) is 0 Å². The lowest BCUT2D eigenvalue weighted by Crippen LogP contribution is -2.64. The summed E-state index contributed by atoms with van der Waals surface area (Å²) in [7, 11) is 2.14. The van der Waals surface area contributed by atoms with Gasteiger partial charge in [0.15, 0.2) is 0 Å². The van der Waals surface area contributed by atoms with Crippen molar-refractivity contribution in [3.63, 3.8) is 0 Å². The van der Waals surface area contributed by atoms with E-state index in [1.807, 2.05) is 27.7 Å². The molecule has 2 aliphatic rings. The first kappa shape index (κ1) is 38.1. The summed E-state index contributed by atoms with van der Waals surface area (Å²) in [6.07, 6.45) is 7.31. The minimum absolute atomic E-state index is 0.0164. The monoisotopic (exact) mass is 634 g/mol. The van der Waals surface area contributed by atoms with Crippen LogP contribution in [-0.4, -0.2) is 74.5 Å². The van der Waals surface area contributed by atoms with Gasteiger partial charge < -0.3 is 9.47 Å². The summed E-state index contributed by atoms with van der Waals surface area (Å²) in [4.78, 5) is 46.0. The molecule has 2 fully saturated rings. The van der Waals surface area contributed by atoms with Crippen molar-refractivity contribution in [2.24, 2.45) is 0 Å². The standard InChI is InChI=1S/C30H54N2O12/c1-27(2)18-22(19-28(3,4)31(27)9)37-24(33)16-14-12-10-11-13-15-17-25(34)38-23-20-29(5,6)32(30(7,8)21-23)26(35)39-41-43-44-42-40-36/h22-23,36H,10-21H2,1-9H3. The van der Waals surface area contributed by atoms with E-state index in [1.54, 1.807) is 0 Å². The molecule has 1 amide bonds. The van der Waals surface area contributed by atoms with Crippen molar-refractivity contribution >= 4 is 18.0 Å². The molecule has 0 aliphatic carbocycles. The highest BCUT2D eigenvalue weighted by molar-refractivity contribution is 5.71. The quantitative estimate of drug-likeness (QED) is 0.0897. The molecule has 2 aliphatic heterocycles. The van der Waals surface area contributed by atoms with Gasteiger partial charge in [-0.3, -0.25) is 19.4 Å². The Balaban J connectivity index is 1.61. The highest BCUT2D eigenvalue weighted by atomic mass is 17.9. The third-order valence-electron chi connectivity index (χ3n) is 8.95. The number of esters is 2. The molecule has 1 N–H and O–H groups in total. The van der Waals surface area contributed by atoms with E-state index in [1.165, 1.54) is 4.90 Å². The normalized spacial score (nSPS) is 21.5. The molecule has 0 atom stereocenters. The number of amides is 1. The number of piperidine rings is 2. The van der Waals surface area contributed by atoms with E-state index in [4.69, 9.17) is 14.7 Å². The van der Waals surface area contributed by atoms with Crippen LogP contribution in [-0.2, 0) is 49.1 Å². The van der Waals surface area contributed by atoms with Gasteiger partial charge in [-0.05, 0) is 85.4 Å². The molecule has 2 rings (SSSR count). The smallest absolute Gasteiger partial charge is 0.445 e. The van der Waals surface area contributed by atoms with Crippen molar-refractivity contribution in [1.29, 1.82) is 0 Å². The van der Waals surface area contributed by atoms with Crippen molar-refractivity contribution in [2.45, 2.75) is 167 Å². The zero-order valence-electron chi connectivity index (χ0n) is 28.0. The fraction of sp³-hybridized carbons (Fsp3) is 0.900. The van der Waals surface area contributed by atoms with Gasteiger partial charge in [0.25, 0.3) is 0 Å². The molecule has 256 valence electrons. The topological polar surface area (TPSA) is 152 Å². The fourth-order valence-corrected chi connectivity index (χ4v) is 6.98. The molecule has 0 aromatic heterocycles. The average Bonchev–Trinajstić information content (AvgIpc) is 2.86. The van der Waals surface area contributed by atoms with Crippen molar-refractivity contribution in [3.05, 3.63) is 0 Å². The maximum Gasteiger partial charge on any atom is 0.445 e. The largest absolute Gasteiger partial charge is 0.462 e. The summed E-state index contributed by atoms with van der Waals surface area (Å²) >= 11 is 0. The van der Waals surface area contributed by atoms with E-state index < -0.39 is 17.2 Å². The molecular weight excluding hydrogens is 580 g/mol. The molecule has 0 aromatic carbocycles. The second-order valence-corrected chi connectivity index (χ2v) is 14.5. The molecule has 14 heteroatoms. The van der Waals surface area contributed by atoms with Gasteiger partial charge in [-0.15, -0.1) is 0 Å². The molecule has 14 nitrogen and oxygen atoms in total. The Kier molecular flexibility index (Phi) is 14.3. The van der Waals surface area contributed by atoms with Crippen LogP contribution in [0.1, 0.15) is 132 Å². The number of carbonyl (C=O) groups is 3. The van der Waals surface area contributed by atoms with Gasteiger partial charge in [-0.25, -0.2) is 14.9 Å². The van der Waals surface area contributed by atoms with Crippen LogP contribution in [0, 0.1) is 0 Å². The van der Waals surface area contributed by atoms with E-state index in [9.17, 15) is 14.4 Å². The Morgan fingerprint density at radius 1 is 0.614 bits per heavy atom. The second kappa shape index (κ2) is 16.5. The summed E-state index contributed by atoms with van der Waals surface area (Å²) in [5, 5.41) is 26.4. The van der Waals surface area contributed by atoms with Crippen LogP contribution in [0.2, 0.25) is 0 Å². The van der Waals surface area contributed by atoms with Crippen molar-refractivity contribution < 1.29 is 59.2 Å². The molecular formula is C30H54N2O12. The first-order valence-corrected chi connectivity index (χ1v) is 15.5. The molecule has 2 heterocycles.